The summed E-state index contributed by atoms with van der Waals surface area (Å²) in [4.78, 5) is 14.1. The number of hydrogen-bond acceptors (Lipinski definition) is 3. The molecule has 23 heavy (non-hydrogen) atoms. The van der Waals surface area contributed by atoms with E-state index in [1.807, 2.05) is 12.1 Å². The lowest BCUT2D eigenvalue weighted by Crippen LogP contribution is -2.45. The second-order valence-corrected chi connectivity index (χ2v) is 8.53. The number of rotatable bonds is 3. The van der Waals surface area contributed by atoms with Crippen LogP contribution < -0.4 is 0 Å². The fraction of sp³-hybridized carbons (Fsp3) is 0.588. The van der Waals surface area contributed by atoms with Crippen LogP contribution in [0.4, 0.5) is 0 Å². The van der Waals surface area contributed by atoms with E-state index in [9.17, 15) is 13.2 Å². The van der Waals surface area contributed by atoms with E-state index in [1.165, 1.54) is 21.2 Å². The maximum atomic E-state index is 13.0. The minimum atomic E-state index is -3.61. The van der Waals surface area contributed by atoms with Gasteiger partial charge in [0.25, 0.3) is 0 Å². The first-order valence-electron chi connectivity index (χ1n) is 8.26. The summed E-state index contributed by atoms with van der Waals surface area (Å²) in [5, 5.41) is 0. The first-order valence-corrected chi connectivity index (χ1v) is 9.70. The number of nitrogens with zero attached hydrogens (tertiary/aromatic N) is 2. The van der Waals surface area contributed by atoms with Gasteiger partial charge < -0.3 is 4.90 Å². The Kier molecular flexibility index (Phi) is 4.47. The maximum Gasteiger partial charge on any atom is 0.243 e. The molecule has 5 nitrogen and oxygen atoms in total. The van der Waals surface area contributed by atoms with Crippen LogP contribution in [0.5, 0.6) is 0 Å². The van der Waals surface area contributed by atoms with Crippen molar-refractivity contribution in [3.05, 3.63) is 29.3 Å². The molecule has 0 N–H and O–H groups in total. The highest BCUT2D eigenvalue weighted by molar-refractivity contribution is 7.89. The Labute approximate surface area is 138 Å². The first-order chi connectivity index (χ1) is 10.9. The molecule has 1 aliphatic heterocycles. The van der Waals surface area contributed by atoms with Crippen LogP contribution >= 0.6 is 0 Å². The molecule has 2 aliphatic rings. The Morgan fingerprint density at radius 3 is 2.52 bits per heavy atom. The van der Waals surface area contributed by atoms with Crippen LogP contribution in [0.25, 0.3) is 0 Å². The van der Waals surface area contributed by atoms with Crippen molar-refractivity contribution in [3.8, 4) is 0 Å². The Morgan fingerprint density at radius 2 is 1.83 bits per heavy atom. The number of hydrogen-bond donors (Lipinski definition) is 0. The zero-order valence-electron chi connectivity index (χ0n) is 13.8. The van der Waals surface area contributed by atoms with E-state index >= 15 is 0 Å². The number of benzene rings is 1. The number of amides is 1. The molecule has 1 saturated heterocycles. The van der Waals surface area contributed by atoms with E-state index in [4.69, 9.17) is 0 Å². The molecule has 1 heterocycles. The second-order valence-electron chi connectivity index (χ2n) is 6.64. The normalized spacial score (nSPS) is 21.9. The lowest BCUT2D eigenvalue weighted by atomic mass is 9.92. The van der Waals surface area contributed by atoms with Crippen molar-refractivity contribution in [2.24, 2.45) is 0 Å². The molecular weight excluding hydrogens is 312 g/mol. The number of likely N-dealkylation sites (N-methyl/N-ethyl adjacent to an activating group) is 1. The topological polar surface area (TPSA) is 57.7 Å². The fourth-order valence-corrected chi connectivity index (χ4v) is 5.28. The van der Waals surface area contributed by atoms with Gasteiger partial charge in [0.2, 0.25) is 15.9 Å². The summed E-state index contributed by atoms with van der Waals surface area (Å²) in [6.07, 6.45) is 5.59. The van der Waals surface area contributed by atoms with Gasteiger partial charge in [0.15, 0.2) is 0 Å². The van der Waals surface area contributed by atoms with Crippen LogP contribution in [0.15, 0.2) is 23.1 Å². The van der Waals surface area contributed by atoms with E-state index in [0.29, 0.717) is 17.9 Å². The highest BCUT2D eigenvalue weighted by Gasteiger charge is 2.40. The van der Waals surface area contributed by atoms with E-state index in [1.54, 1.807) is 20.2 Å². The third-order valence-electron chi connectivity index (χ3n) is 4.86. The largest absolute Gasteiger partial charge is 0.347 e. The molecule has 126 valence electrons. The van der Waals surface area contributed by atoms with Crippen LogP contribution in [0.3, 0.4) is 0 Å². The molecule has 1 amide bonds. The van der Waals surface area contributed by atoms with Crippen molar-refractivity contribution in [2.75, 3.05) is 20.6 Å². The molecule has 0 aromatic heterocycles. The number of aryl methyl sites for hydroxylation is 2. The molecule has 0 radical (unpaired) electrons. The molecule has 0 bridgehead atoms. The van der Waals surface area contributed by atoms with Gasteiger partial charge in [-0.3, -0.25) is 4.79 Å². The minimum absolute atomic E-state index is 0.135. The smallest absolute Gasteiger partial charge is 0.243 e. The molecule has 1 aromatic rings. The number of carbonyl (C=O) groups is 1. The van der Waals surface area contributed by atoms with Crippen molar-refractivity contribution in [1.82, 2.24) is 9.21 Å². The average molecular weight is 336 g/mol. The third kappa shape index (κ3) is 3.02. The lowest BCUT2D eigenvalue weighted by Gasteiger charge is -2.26. The lowest BCUT2D eigenvalue weighted by molar-refractivity contribution is -0.132. The average Bonchev–Trinajstić information content (AvgIpc) is 3.03. The zero-order chi connectivity index (χ0) is 16.6. The van der Waals surface area contributed by atoms with Crippen LogP contribution in [0.1, 0.15) is 36.8 Å². The quantitative estimate of drug-likeness (QED) is 0.846. The molecular formula is C17H24N2O3S. The van der Waals surface area contributed by atoms with Crippen molar-refractivity contribution in [2.45, 2.75) is 49.5 Å². The Bertz CT molecular complexity index is 713. The highest BCUT2D eigenvalue weighted by atomic mass is 32.2. The Hall–Kier alpha value is -1.40. The van der Waals surface area contributed by atoms with Crippen molar-refractivity contribution in [3.63, 3.8) is 0 Å². The van der Waals surface area contributed by atoms with Crippen LogP contribution in [0, 0.1) is 0 Å². The van der Waals surface area contributed by atoms with Gasteiger partial charge in [-0.25, -0.2) is 8.42 Å². The van der Waals surface area contributed by atoms with Gasteiger partial charge >= 0.3 is 0 Å². The van der Waals surface area contributed by atoms with E-state index in [2.05, 4.69) is 0 Å². The van der Waals surface area contributed by atoms with E-state index in [-0.39, 0.29) is 5.91 Å². The fourth-order valence-electron chi connectivity index (χ4n) is 3.58. The zero-order valence-corrected chi connectivity index (χ0v) is 14.6. The molecule has 1 unspecified atom stereocenters. The van der Waals surface area contributed by atoms with Crippen molar-refractivity contribution < 1.29 is 13.2 Å². The van der Waals surface area contributed by atoms with Gasteiger partial charge in [-0.1, -0.05) is 6.07 Å². The summed E-state index contributed by atoms with van der Waals surface area (Å²) in [7, 11) is -0.272. The molecule has 3 rings (SSSR count). The van der Waals surface area contributed by atoms with Crippen LogP contribution in [-0.2, 0) is 27.7 Å². The summed E-state index contributed by atoms with van der Waals surface area (Å²) < 4.78 is 27.4. The molecule has 1 atom stereocenters. The summed E-state index contributed by atoms with van der Waals surface area (Å²) in [6.45, 7) is 0.420. The highest BCUT2D eigenvalue weighted by Crippen LogP contribution is 2.30. The molecule has 0 saturated carbocycles. The Balaban J connectivity index is 1.93. The molecule has 0 spiro atoms. The van der Waals surface area contributed by atoms with Crippen LogP contribution in [0.2, 0.25) is 0 Å². The van der Waals surface area contributed by atoms with E-state index < -0.39 is 16.1 Å². The molecule has 6 heteroatoms. The summed E-state index contributed by atoms with van der Waals surface area (Å²) in [5.74, 6) is -0.135. The number of sulfonamides is 1. The van der Waals surface area contributed by atoms with Gasteiger partial charge in [0, 0.05) is 20.6 Å². The van der Waals surface area contributed by atoms with Gasteiger partial charge in [0.1, 0.15) is 6.04 Å². The number of fused-ring (bicyclic) bond motifs is 1. The molecule has 1 fully saturated rings. The summed E-state index contributed by atoms with van der Waals surface area (Å²) in [5.41, 5.74) is 2.41. The first kappa shape index (κ1) is 16.5. The second kappa shape index (κ2) is 6.24. The minimum Gasteiger partial charge on any atom is -0.347 e. The van der Waals surface area contributed by atoms with Gasteiger partial charge in [-0.2, -0.15) is 4.31 Å². The molecule has 1 aromatic carbocycles. The van der Waals surface area contributed by atoms with Crippen molar-refractivity contribution in [1.29, 1.82) is 0 Å². The summed E-state index contributed by atoms with van der Waals surface area (Å²) in [6, 6.07) is 4.90. The SMILES string of the molecule is CN(C)C(=O)C1CCCN1S(=O)(=O)c1ccc2c(c1)CCCC2. The Morgan fingerprint density at radius 1 is 1.13 bits per heavy atom. The van der Waals surface area contributed by atoms with Gasteiger partial charge in [-0.15, -0.1) is 0 Å². The third-order valence-corrected chi connectivity index (χ3v) is 6.76. The summed E-state index contributed by atoms with van der Waals surface area (Å²) >= 11 is 0. The monoisotopic (exact) mass is 336 g/mol. The van der Waals surface area contributed by atoms with Crippen molar-refractivity contribution >= 4 is 15.9 Å². The standard InChI is InChI=1S/C17H24N2O3S/c1-18(2)17(20)16-8-5-11-19(16)23(21,22)15-10-9-13-6-3-4-7-14(13)12-15/h9-10,12,16H,3-8,11H2,1-2H3. The van der Waals surface area contributed by atoms with Crippen LogP contribution in [-0.4, -0.2) is 50.2 Å². The van der Waals surface area contributed by atoms with E-state index in [0.717, 1.165) is 31.2 Å². The molecule has 1 aliphatic carbocycles. The predicted molar refractivity (Wildman–Crippen MR) is 88.7 cm³/mol. The maximum absolute atomic E-state index is 13.0. The van der Waals surface area contributed by atoms with Gasteiger partial charge in [-0.05, 0) is 61.8 Å². The van der Waals surface area contributed by atoms with Gasteiger partial charge in [0.05, 0.1) is 4.90 Å². The number of carbonyl (C=O) groups excluding carboxylic acids is 1. The predicted octanol–water partition coefficient (Wildman–Crippen LogP) is 1.81.